The summed E-state index contributed by atoms with van der Waals surface area (Å²) in [7, 11) is 0. The first-order valence-electron chi connectivity index (χ1n) is 4.42. The van der Waals surface area contributed by atoms with Crippen LogP contribution in [0.2, 0.25) is 0 Å². The first kappa shape index (κ1) is 11.8. The molecule has 90 valence electrons. The number of halogens is 3. The number of fused-ring (bicyclic) bond motifs is 1. The van der Waals surface area contributed by atoms with Gasteiger partial charge in [0.05, 0.1) is 20.1 Å². The van der Waals surface area contributed by atoms with Crippen LogP contribution in [0.25, 0.3) is 10.2 Å². The summed E-state index contributed by atoms with van der Waals surface area (Å²) in [5, 5.41) is 11.2. The van der Waals surface area contributed by atoms with Gasteiger partial charge >= 0.3 is 6.18 Å². The summed E-state index contributed by atoms with van der Waals surface area (Å²) >= 11 is 1.12. The van der Waals surface area contributed by atoms with E-state index in [9.17, 15) is 23.3 Å². The monoisotopic (exact) mass is 262 g/mol. The Hall–Kier alpha value is -1.70. The van der Waals surface area contributed by atoms with Gasteiger partial charge in [0.15, 0.2) is 0 Å². The molecule has 0 unspecified atom stereocenters. The van der Waals surface area contributed by atoms with E-state index in [0.29, 0.717) is 9.71 Å². The number of rotatable bonds is 1. The van der Waals surface area contributed by atoms with Crippen molar-refractivity contribution in [1.29, 1.82) is 0 Å². The number of aryl methyl sites for hydroxylation is 1. The molecule has 0 radical (unpaired) electrons. The number of nitrogens with zero attached hydrogens (tertiary/aromatic N) is 2. The molecule has 0 aliphatic rings. The largest absolute Gasteiger partial charge is 0.423 e. The summed E-state index contributed by atoms with van der Waals surface area (Å²) in [6.07, 6.45) is -4.76. The third kappa shape index (κ3) is 2.07. The number of benzene rings is 1. The van der Waals surface area contributed by atoms with Gasteiger partial charge in [-0.25, -0.2) is 4.98 Å². The lowest BCUT2D eigenvalue weighted by Gasteiger charge is -2.06. The lowest BCUT2D eigenvalue weighted by atomic mass is 10.1. The highest BCUT2D eigenvalue weighted by Gasteiger charge is 2.38. The van der Waals surface area contributed by atoms with Crippen LogP contribution in [0.5, 0.6) is 0 Å². The van der Waals surface area contributed by atoms with Crippen molar-refractivity contribution in [2.75, 3.05) is 0 Å². The van der Waals surface area contributed by atoms with E-state index in [4.69, 9.17) is 0 Å². The molecule has 1 aromatic heterocycles. The summed E-state index contributed by atoms with van der Waals surface area (Å²) in [6.45, 7) is 1.63. The van der Waals surface area contributed by atoms with E-state index in [1.165, 1.54) is 0 Å². The summed E-state index contributed by atoms with van der Waals surface area (Å²) in [5.74, 6) is 0. The molecule has 0 bridgehead atoms. The highest BCUT2D eigenvalue weighted by molar-refractivity contribution is 7.18. The molecule has 0 saturated heterocycles. The van der Waals surface area contributed by atoms with Crippen LogP contribution in [0.15, 0.2) is 12.1 Å². The van der Waals surface area contributed by atoms with Crippen molar-refractivity contribution >= 4 is 27.2 Å². The number of alkyl halides is 3. The number of thiazole rings is 1. The Morgan fingerprint density at radius 3 is 2.59 bits per heavy atom. The van der Waals surface area contributed by atoms with Crippen molar-refractivity contribution in [2.24, 2.45) is 0 Å². The van der Waals surface area contributed by atoms with E-state index in [-0.39, 0.29) is 5.52 Å². The Labute approximate surface area is 96.9 Å². The molecule has 0 aliphatic heterocycles. The number of nitro benzene ring substituents is 1. The zero-order valence-electron chi connectivity index (χ0n) is 8.41. The Bertz CT molecular complexity index is 606. The fourth-order valence-electron chi connectivity index (χ4n) is 1.46. The Kier molecular flexibility index (Phi) is 2.53. The minimum atomic E-state index is -4.76. The van der Waals surface area contributed by atoms with E-state index in [1.807, 2.05) is 0 Å². The third-order valence-corrected chi connectivity index (χ3v) is 3.05. The SMILES string of the molecule is Cc1nc2cc(C(F)(F)F)c([N+](=O)[O-])cc2s1. The minimum Gasteiger partial charge on any atom is -0.258 e. The van der Waals surface area contributed by atoms with E-state index in [0.717, 1.165) is 23.5 Å². The predicted molar refractivity (Wildman–Crippen MR) is 56.0 cm³/mol. The molecule has 4 nitrogen and oxygen atoms in total. The average molecular weight is 262 g/mol. The summed E-state index contributed by atoms with van der Waals surface area (Å²) in [5.41, 5.74) is -2.07. The zero-order chi connectivity index (χ0) is 12.8. The van der Waals surface area contributed by atoms with Gasteiger partial charge in [0.1, 0.15) is 5.56 Å². The second-order valence-corrected chi connectivity index (χ2v) is 4.56. The van der Waals surface area contributed by atoms with Gasteiger partial charge < -0.3 is 0 Å². The maximum absolute atomic E-state index is 12.6. The fourth-order valence-corrected chi connectivity index (χ4v) is 2.30. The van der Waals surface area contributed by atoms with Gasteiger partial charge in [0.25, 0.3) is 5.69 Å². The van der Waals surface area contributed by atoms with Gasteiger partial charge in [-0.1, -0.05) is 0 Å². The van der Waals surface area contributed by atoms with Gasteiger partial charge in [0, 0.05) is 6.07 Å². The maximum Gasteiger partial charge on any atom is 0.423 e. The molecule has 8 heteroatoms. The molecule has 0 saturated carbocycles. The molecule has 0 N–H and O–H groups in total. The molecular weight excluding hydrogens is 257 g/mol. The smallest absolute Gasteiger partial charge is 0.258 e. The summed E-state index contributed by atoms with van der Waals surface area (Å²) in [4.78, 5) is 13.5. The first-order chi connectivity index (χ1) is 7.79. The molecular formula is C9H5F3N2O2S. The number of hydrogen-bond donors (Lipinski definition) is 0. The van der Waals surface area contributed by atoms with Gasteiger partial charge in [-0.2, -0.15) is 13.2 Å². The molecule has 0 aliphatic carbocycles. The van der Waals surface area contributed by atoms with Crippen LogP contribution in [0.4, 0.5) is 18.9 Å². The third-order valence-electron chi connectivity index (χ3n) is 2.11. The quantitative estimate of drug-likeness (QED) is 0.583. The van der Waals surface area contributed by atoms with Crippen molar-refractivity contribution in [2.45, 2.75) is 13.1 Å². The highest BCUT2D eigenvalue weighted by Crippen LogP contribution is 2.39. The van der Waals surface area contributed by atoms with Crippen LogP contribution in [-0.4, -0.2) is 9.91 Å². The van der Waals surface area contributed by atoms with Crippen LogP contribution in [0, 0.1) is 17.0 Å². The Morgan fingerprint density at radius 2 is 2.06 bits per heavy atom. The lowest BCUT2D eigenvalue weighted by molar-refractivity contribution is -0.387. The van der Waals surface area contributed by atoms with Crippen molar-refractivity contribution in [3.8, 4) is 0 Å². The van der Waals surface area contributed by atoms with Crippen LogP contribution in [-0.2, 0) is 6.18 Å². The number of aromatic nitrogens is 1. The molecule has 0 spiro atoms. The number of nitro groups is 1. The van der Waals surface area contributed by atoms with E-state index in [1.54, 1.807) is 6.92 Å². The molecule has 17 heavy (non-hydrogen) atoms. The topological polar surface area (TPSA) is 56.0 Å². The molecule has 0 amide bonds. The van der Waals surface area contributed by atoms with Crippen molar-refractivity contribution in [1.82, 2.24) is 4.98 Å². The van der Waals surface area contributed by atoms with Crippen LogP contribution in [0.1, 0.15) is 10.6 Å². The molecule has 0 atom stereocenters. The van der Waals surface area contributed by atoms with Crippen molar-refractivity contribution in [3.05, 3.63) is 32.8 Å². The summed E-state index contributed by atoms with van der Waals surface area (Å²) < 4.78 is 38.2. The molecule has 2 aromatic rings. The average Bonchev–Trinajstić information content (AvgIpc) is 2.53. The summed E-state index contributed by atoms with van der Waals surface area (Å²) in [6, 6.07) is 1.64. The Morgan fingerprint density at radius 1 is 1.41 bits per heavy atom. The van der Waals surface area contributed by atoms with Crippen molar-refractivity contribution < 1.29 is 18.1 Å². The van der Waals surface area contributed by atoms with Gasteiger partial charge in [0.2, 0.25) is 0 Å². The fraction of sp³-hybridized carbons (Fsp3) is 0.222. The molecule has 1 heterocycles. The second-order valence-electron chi connectivity index (χ2n) is 3.32. The maximum atomic E-state index is 12.6. The number of hydrogen-bond acceptors (Lipinski definition) is 4. The zero-order valence-corrected chi connectivity index (χ0v) is 9.22. The van der Waals surface area contributed by atoms with Crippen LogP contribution in [0.3, 0.4) is 0 Å². The van der Waals surface area contributed by atoms with Gasteiger partial charge in [-0.05, 0) is 13.0 Å². The molecule has 0 fully saturated rings. The normalized spacial score (nSPS) is 12.0. The predicted octanol–water partition coefficient (Wildman–Crippen LogP) is 3.53. The van der Waals surface area contributed by atoms with Gasteiger partial charge in [-0.3, -0.25) is 10.1 Å². The van der Waals surface area contributed by atoms with Crippen LogP contribution < -0.4 is 0 Å². The molecule has 2 rings (SSSR count). The van der Waals surface area contributed by atoms with E-state index < -0.39 is 22.4 Å². The lowest BCUT2D eigenvalue weighted by Crippen LogP contribution is -2.08. The minimum absolute atomic E-state index is 0.130. The van der Waals surface area contributed by atoms with E-state index in [2.05, 4.69) is 4.98 Å². The first-order valence-corrected chi connectivity index (χ1v) is 5.23. The highest BCUT2D eigenvalue weighted by atomic mass is 32.1. The van der Waals surface area contributed by atoms with Crippen LogP contribution >= 0.6 is 11.3 Å². The molecule has 1 aromatic carbocycles. The van der Waals surface area contributed by atoms with Gasteiger partial charge in [-0.15, -0.1) is 11.3 Å². The Balaban J connectivity index is 2.79. The standard InChI is InChI=1S/C9H5F3N2O2S/c1-4-13-6-2-5(9(10,11)12)7(14(15)16)3-8(6)17-4/h2-3H,1H3. The van der Waals surface area contributed by atoms with Crippen molar-refractivity contribution in [3.63, 3.8) is 0 Å². The second kappa shape index (κ2) is 3.66. The van der Waals surface area contributed by atoms with E-state index >= 15 is 0 Å².